The van der Waals surface area contributed by atoms with Crippen LogP contribution in [-0.4, -0.2) is 24.1 Å². The molecule has 0 spiro atoms. The van der Waals surface area contributed by atoms with E-state index in [9.17, 15) is 0 Å². The molecule has 0 N–H and O–H groups in total. The van der Waals surface area contributed by atoms with E-state index in [-0.39, 0.29) is 0 Å². The standard InChI is InChI=1S/C57H35N5O/c1-4-17-36(18-5-1)39-23-16-24-40(33-39)41-34-47-44-27-12-15-30-51(44)63-54(47)50(35-41)61-48-28-13-10-25-42(48)45-31-32-46-43-26-11-14-29-49(43)62(53(46)52(45)61)57-59-55(37-19-6-2-7-20-37)58-56(60-57)38-21-8-3-9-22-38/h1-35H. The molecule has 4 aromatic heterocycles. The Morgan fingerprint density at radius 1 is 0.317 bits per heavy atom. The highest BCUT2D eigenvalue weighted by Crippen LogP contribution is 2.45. The molecule has 0 aliphatic heterocycles. The van der Waals surface area contributed by atoms with E-state index < -0.39 is 0 Å². The number of benzene rings is 9. The molecule has 6 heteroatoms. The number of hydrogen-bond donors (Lipinski definition) is 0. The first-order valence-electron chi connectivity index (χ1n) is 21.2. The summed E-state index contributed by atoms with van der Waals surface area (Å²) in [5, 5.41) is 6.58. The van der Waals surface area contributed by atoms with Crippen molar-refractivity contribution in [1.29, 1.82) is 0 Å². The van der Waals surface area contributed by atoms with Crippen molar-refractivity contribution < 1.29 is 4.42 Å². The monoisotopic (exact) mass is 805 g/mol. The lowest BCUT2D eigenvalue weighted by atomic mass is 9.97. The first-order chi connectivity index (χ1) is 31.2. The van der Waals surface area contributed by atoms with Gasteiger partial charge < -0.3 is 8.98 Å². The average molecular weight is 806 g/mol. The summed E-state index contributed by atoms with van der Waals surface area (Å²) >= 11 is 0. The molecule has 0 unspecified atom stereocenters. The van der Waals surface area contributed by atoms with Gasteiger partial charge in [-0.15, -0.1) is 0 Å². The van der Waals surface area contributed by atoms with Gasteiger partial charge in [-0.25, -0.2) is 4.98 Å². The van der Waals surface area contributed by atoms with E-state index in [0.717, 1.165) is 99.1 Å². The maximum absolute atomic E-state index is 6.94. The molecule has 0 radical (unpaired) electrons. The number of furan rings is 1. The van der Waals surface area contributed by atoms with E-state index in [1.807, 2.05) is 42.5 Å². The van der Waals surface area contributed by atoms with Gasteiger partial charge in [-0.1, -0.05) is 176 Å². The van der Waals surface area contributed by atoms with Gasteiger partial charge in [-0.2, -0.15) is 9.97 Å². The Labute approximate surface area is 361 Å². The molecule has 0 saturated carbocycles. The normalized spacial score (nSPS) is 11.8. The van der Waals surface area contributed by atoms with Gasteiger partial charge in [0.15, 0.2) is 17.2 Å². The minimum absolute atomic E-state index is 0.540. The third-order valence-electron chi connectivity index (χ3n) is 12.4. The zero-order valence-corrected chi connectivity index (χ0v) is 33.9. The summed E-state index contributed by atoms with van der Waals surface area (Å²) in [6.07, 6.45) is 0. The van der Waals surface area contributed by atoms with Gasteiger partial charge in [0, 0.05) is 43.4 Å². The zero-order chi connectivity index (χ0) is 41.4. The van der Waals surface area contributed by atoms with Crippen LogP contribution in [0.1, 0.15) is 0 Å². The van der Waals surface area contributed by atoms with Gasteiger partial charge in [0.2, 0.25) is 5.95 Å². The van der Waals surface area contributed by atoms with Crippen LogP contribution in [0.3, 0.4) is 0 Å². The fraction of sp³-hybridized carbons (Fsp3) is 0. The highest BCUT2D eigenvalue weighted by molar-refractivity contribution is 6.24. The lowest BCUT2D eigenvalue weighted by Gasteiger charge is -2.15. The predicted molar refractivity (Wildman–Crippen MR) is 258 cm³/mol. The molecule has 0 aliphatic rings. The van der Waals surface area contributed by atoms with Gasteiger partial charge in [-0.05, 0) is 58.7 Å². The maximum atomic E-state index is 6.94. The van der Waals surface area contributed by atoms with Crippen molar-refractivity contribution in [3.8, 4) is 56.7 Å². The maximum Gasteiger partial charge on any atom is 0.238 e. The van der Waals surface area contributed by atoms with E-state index >= 15 is 0 Å². The van der Waals surface area contributed by atoms with Crippen molar-refractivity contribution in [2.45, 2.75) is 0 Å². The third kappa shape index (κ3) is 5.55. The molecule has 0 fully saturated rings. The Morgan fingerprint density at radius 2 is 0.810 bits per heavy atom. The fourth-order valence-electron chi connectivity index (χ4n) is 9.51. The molecule has 9 aromatic carbocycles. The van der Waals surface area contributed by atoms with Gasteiger partial charge in [0.25, 0.3) is 0 Å². The number of nitrogens with zero attached hydrogens (tertiary/aromatic N) is 5. The number of fused-ring (bicyclic) bond motifs is 10. The van der Waals surface area contributed by atoms with E-state index in [1.54, 1.807) is 0 Å². The van der Waals surface area contributed by atoms with E-state index in [0.29, 0.717) is 17.6 Å². The molecule has 0 saturated heterocycles. The van der Waals surface area contributed by atoms with Crippen molar-refractivity contribution in [2.75, 3.05) is 0 Å². The summed E-state index contributed by atoms with van der Waals surface area (Å²) in [7, 11) is 0. The fourth-order valence-corrected chi connectivity index (χ4v) is 9.51. The van der Waals surface area contributed by atoms with Crippen LogP contribution in [0.5, 0.6) is 0 Å². The van der Waals surface area contributed by atoms with Gasteiger partial charge >= 0.3 is 0 Å². The Kier molecular flexibility index (Phi) is 7.80. The molecule has 0 bridgehead atoms. The second kappa shape index (κ2) is 14.0. The van der Waals surface area contributed by atoms with Gasteiger partial charge in [-0.3, -0.25) is 4.57 Å². The molecule has 4 heterocycles. The average Bonchev–Trinajstić information content (AvgIpc) is 4.02. The van der Waals surface area contributed by atoms with Crippen molar-refractivity contribution in [2.24, 2.45) is 0 Å². The van der Waals surface area contributed by atoms with Crippen LogP contribution in [0, 0.1) is 0 Å². The van der Waals surface area contributed by atoms with E-state index in [4.69, 9.17) is 19.4 Å². The second-order valence-electron chi connectivity index (χ2n) is 16.0. The predicted octanol–water partition coefficient (Wildman–Crippen LogP) is 14.6. The highest BCUT2D eigenvalue weighted by atomic mass is 16.3. The Bertz CT molecular complexity index is 3850. The van der Waals surface area contributed by atoms with Crippen molar-refractivity contribution in [3.63, 3.8) is 0 Å². The summed E-state index contributed by atoms with van der Waals surface area (Å²) in [6.45, 7) is 0. The Hall–Kier alpha value is -8.61. The van der Waals surface area contributed by atoms with Crippen LogP contribution < -0.4 is 0 Å². The minimum Gasteiger partial charge on any atom is -0.454 e. The largest absolute Gasteiger partial charge is 0.454 e. The SMILES string of the molecule is c1ccc(-c2cccc(-c3cc(-n4c5ccccc5c5ccc6c7ccccc7n(-c7nc(-c8ccccc8)nc(-c8ccccc8)n7)c6c54)c4oc5ccccc5c4c3)c2)cc1. The smallest absolute Gasteiger partial charge is 0.238 e. The van der Waals surface area contributed by atoms with Crippen molar-refractivity contribution in [3.05, 3.63) is 212 Å². The van der Waals surface area contributed by atoms with Crippen LogP contribution >= 0.6 is 0 Å². The van der Waals surface area contributed by atoms with Crippen molar-refractivity contribution in [1.82, 2.24) is 24.1 Å². The number of para-hydroxylation sites is 3. The molecule has 13 aromatic rings. The topological polar surface area (TPSA) is 61.7 Å². The molecule has 294 valence electrons. The Morgan fingerprint density at radius 3 is 1.44 bits per heavy atom. The number of aromatic nitrogens is 5. The summed E-state index contributed by atoms with van der Waals surface area (Å²) in [6, 6.07) is 74.4. The summed E-state index contributed by atoms with van der Waals surface area (Å²) < 4.78 is 11.6. The molecule has 63 heavy (non-hydrogen) atoms. The molecule has 0 atom stereocenters. The van der Waals surface area contributed by atoms with E-state index in [2.05, 4.69) is 179 Å². The zero-order valence-electron chi connectivity index (χ0n) is 33.9. The van der Waals surface area contributed by atoms with Crippen LogP contribution in [0.15, 0.2) is 217 Å². The van der Waals surface area contributed by atoms with Crippen LogP contribution in [0.4, 0.5) is 0 Å². The van der Waals surface area contributed by atoms with Crippen LogP contribution in [-0.2, 0) is 0 Å². The number of hydrogen-bond acceptors (Lipinski definition) is 4. The summed E-state index contributed by atoms with van der Waals surface area (Å²) in [4.78, 5) is 15.7. The molecule has 0 aliphatic carbocycles. The van der Waals surface area contributed by atoms with Crippen molar-refractivity contribution >= 4 is 65.6 Å². The first-order valence-corrected chi connectivity index (χ1v) is 21.2. The third-order valence-corrected chi connectivity index (χ3v) is 12.4. The number of rotatable bonds is 6. The highest BCUT2D eigenvalue weighted by Gasteiger charge is 2.25. The molecular formula is C57H35N5O. The van der Waals surface area contributed by atoms with Crippen LogP contribution in [0.2, 0.25) is 0 Å². The molecule has 13 rings (SSSR count). The van der Waals surface area contributed by atoms with Gasteiger partial charge in [0.05, 0.1) is 27.8 Å². The lowest BCUT2D eigenvalue weighted by molar-refractivity contribution is 0.666. The lowest BCUT2D eigenvalue weighted by Crippen LogP contribution is -2.07. The van der Waals surface area contributed by atoms with E-state index in [1.165, 1.54) is 5.56 Å². The minimum atomic E-state index is 0.540. The Balaban J connectivity index is 1.18. The second-order valence-corrected chi connectivity index (χ2v) is 16.0. The quantitative estimate of drug-likeness (QED) is 0.168. The molecule has 0 amide bonds. The molecule has 6 nitrogen and oxygen atoms in total. The summed E-state index contributed by atoms with van der Waals surface area (Å²) in [5.74, 6) is 1.75. The van der Waals surface area contributed by atoms with Gasteiger partial charge in [0.1, 0.15) is 5.58 Å². The molecular weight excluding hydrogens is 771 g/mol. The van der Waals surface area contributed by atoms with Crippen LogP contribution in [0.25, 0.3) is 122 Å². The first kappa shape index (κ1) is 35.2. The summed E-state index contributed by atoms with van der Waals surface area (Å²) in [5.41, 5.74) is 13.1.